The number of hydrogen-bond acceptors (Lipinski definition) is 3. The van der Waals surface area contributed by atoms with E-state index in [0.29, 0.717) is 26.3 Å². The number of likely N-dealkylation sites (tertiary alicyclic amines) is 1. The van der Waals surface area contributed by atoms with Gasteiger partial charge in [0.25, 0.3) is 0 Å². The molecule has 1 spiro atoms. The molecule has 4 nitrogen and oxygen atoms in total. The van der Waals surface area contributed by atoms with Crippen LogP contribution in [0.2, 0.25) is 0 Å². The topological polar surface area (TPSA) is 38.8 Å². The Hall–Kier alpha value is -1.53. The molecule has 1 amide bonds. The van der Waals surface area contributed by atoms with Crippen molar-refractivity contribution in [2.45, 2.75) is 25.0 Å². The van der Waals surface area contributed by atoms with Crippen molar-refractivity contribution < 1.29 is 23.0 Å². The van der Waals surface area contributed by atoms with Crippen molar-refractivity contribution in [3.05, 3.63) is 35.4 Å². The average molecular weight is 297 g/mol. The Labute approximate surface area is 121 Å². The van der Waals surface area contributed by atoms with Crippen LogP contribution in [0.25, 0.3) is 0 Å². The highest BCUT2D eigenvalue weighted by Gasteiger charge is 2.42. The van der Waals surface area contributed by atoms with Gasteiger partial charge in [-0.3, -0.25) is 4.79 Å². The smallest absolute Gasteiger partial charge is 0.227 e. The minimum absolute atomic E-state index is 0.185. The van der Waals surface area contributed by atoms with Crippen LogP contribution in [0.4, 0.5) is 8.78 Å². The fourth-order valence-corrected chi connectivity index (χ4v) is 2.90. The molecule has 1 aromatic carbocycles. The number of halogens is 2. The second-order valence-corrected chi connectivity index (χ2v) is 5.40. The quantitative estimate of drug-likeness (QED) is 0.836. The predicted molar refractivity (Wildman–Crippen MR) is 70.5 cm³/mol. The molecule has 0 radical (unpaired) electrons. The van der Waals surface area contributed by atoms with Crippen LogP contribution in [-0.2, 0) is 20.7 Å². The zero-order valence-corrected chi connectivity index (χ0v) is 11.6. The number of rotatable bonds is 2. The van der Waals surface area contributed by atoms with Gasteiger partial charge >= 0.3 is 0 Å². The molecule has 0 aromatic heterocycles. The van der Waals surface area contributed by atoms with Crippen molar-refractivity contribution >= 4 is 5.91 Å². The molecule has 2 aliphatic heterocycles. The lowest BCUT2D eigenvalue weighted by molar-refractivity contribution is -0.192. The number of amides is 1. The zero-order chi connectivity index (χ0) is 14.9. The molecule has 2 saturated heterocycles. The average Bonchev–Trinajstić information content (AvgIpc) is 2.91. The Morgan fingerprint density at radius 2 is 1.90 bits per heavy atom. The Kier molecular flexibility index (Phi) is 3.91. The van der Waals surface area contributed by atoms with E-state index in [9.17, 15) is 13.6 Å². The van der Waals surface area contributed by atoms with Crippen molar-refractivity contribution in [2.24, 2.45) is 0 Å². The zero-order valence-electron chi connectivity index (χ0n) is 11.6. The van der Waals surface area contributed by atoms with Gasteiger partial charge in [0.15, 0.2) is 5.79 Å². The molecule has 0 aliphatic carbocycles. The van der Waals surface area contributed by atoms with E-state index in [1.54, 1.807) is 4.90 Å². The summed E-state index contributed by atoms with van der Waals surface area (Å²) in [6, 6.07) is 3.61. The SMILES string of the molecule is O=C(Cc1c(F)cccc1F)N1CCCC2(C1)OCCO2. The number of nitrogens with zero attached hydrogens (tertiary/aromatic N) is 1. The molecule has 21 heavy (non-hydrogen) atoms. The predicted octanol–water partition coefficient (Wildman–Crippen LogP) is 1.87. The Balaban J connectivity index is 1.70. The fraction of sp³-hybridized carbons (Fsp3) is 0.533. The van der Waals surface area contributed by atoms with E-state index in [-0.39, 0.29) is 17.9 Å². The van der Waals surface area contributed by atoms with Crippen LogP contribution in [0.3, 0.4) is 0 Å². The highest BCUT2D eigenvalue weighted by molar-refractivity contribution is 5.79. The molecule has 1 aromatic rings. The molecule has 2 aliphatic rings. The summed E-state index contributed by atoms with van der Waals surface area (Å²) in [4.78, 5) is 13.9. The molecule has 0 bridgehead atoms. The first-order valence-electron chi connectivity index (χ1n) is 7.08. The van der Waals surface area contributed by atoms with E-state index in [4.69, 9.17) is 9.47 Å². The number of hydrogen-bond donors (Lipinski definition) is 0. The number of piperidine rings is 1. The number of carbonyl (C=O) groups excluding carboxylic acids is 1. The van der Waals surface area contributed by atoms with Crippen LogP contribution < -0.4 is 0 Å². The highest BCUT2D eigenvalue weighted by Crippen LogP contribution is 2.30. The monoisotopic (exact) mass is 297 g/mol. The number of carbonyl (C=O) groups is 1. The van der Waals surface area contributed by atoms with E-state index in [1.807, 2.05) is 0 Å². The van der Waals surface area contributed by atoms with Crippen molar-refractivity contribution in [3.63, 3.8) is 0 Å². The first-order valence-corrected chi connectivity index (χ1v) is 7.08. The van der Waals surface area contributed by atoms with Crippen molar-refractivity contribution in [3.8, 4) is 0 Å². The number of ether oxygens (including phenoxy) is 2. The van der Waals surface area contributed by atoms with Crippen molar-refractivity contribution in [1.29, 1.82) is 0 Å². The summed E-state index contributed by atoms with van der Waals surface area (Å²) in [7, 11) is 0. The molecule has 0 atom stereocenters. The van der Waals surface area contributed by atoms with Crippen LogP contribution in [-0.4, -0.2) is 42.9 Å². The molecule has 3 rings (SSSR count). The van der Waals surface area contributed by atoms with Gasteiger partial charge in [-0.1, -0.05) is 6.07 Å². The van der Waals surface area contributed by atoms with Gasteiger partial charge in [-0.05, 0) is 18.6 Å². The standard InChI is InChI=1S/C15H17F2NO3/c16-12-3-1-4-13(17)11(12)9-14(19)18-6-2-5-15(10-18)20-7-8-21-15/h1,3-4H,2,5-10H2. The summed E-state index contributed by atoms with van der Waals surface area (Å²) >= 11 is 0. The Morgan fingerprint density at radius 1 is 1.24 bits per heavy atom. The maximum atomic E-state index is 13.6. The van der Waals surface area contributed by atoms with Gasteiger partial charge in [-0.25, -0.2) is 8.78 Å². The second-order valence-electron chi connectivity index (χ2n) is 5.40. The molecule has 0 unspecified atom stereocenters. The largest absolute Gasteiger partial charge is 0.346 e. The van der Waals surface area contributed by atoms with Gasteiger partial charge in [0.2, 0.25) is 5.91 Å². The van der Waals surface area contributed by atoms with E-state index < -0.39 is 17.4 Å². The van der Waals surface area contributed by atoms with Crippen molar-refractivity contribution in [1.82, 2.24) is 4.90 Å². The van der Waals surface area contributed by atoms with Crippen LogP contribution in [0.5, 0.6) is 0 Å². The van der Waals surface area contributed by atoms with Crippen LogP contribution in [0.15, 0.2) is 18.2 Å². The minimum Gasteiger partial charge on any atom is -0.346 e. The lowest BCUT2D eigenvalue weighted by atomic mass is 10.0. The summed E-state index contributed by atoms with van der Waals surface area (Å²) in [5.41, 5.74) is -0.185. The highest BCUT2D eigenvalue weighted by atomic mass is 19.1. The maximum Gasteiger partial charge on any atom is 0.227 e. The molecule has 114 valence electrons. The third-order valence-corrected chi connectivity index (χ3v) is 3.97. The third kappa shape index (κ3) is 2.91. The molecule has 6 heteroatoms. The van der Waals surface area contributed by atoms with Gasteiger partial charge in [0, 0.05) is 18.5 Å². The Bertz CT molecular complexity index is 523. The van der Waals surface area contributed by atoms with Crippen LogP contribution in [0, 0.1) is 11.6 Å². The first kappa shape index (κ1) is 14.4. The molecule has 2 heterocycles. The van der Waals surface area contributed by atoms with Crippen LogP contribution >= 0.6 is 0 Å². The van der Waals surface area contributed by atoms with Gasteiger partial charge in [-0.2, -0.15) is 0 Å². The summed E-state index contributed by atoms with van der Waals surface area (Å²) < 4.78 is 38.4. The van der Waals surface area contributed by atoms with Crippen LogP contribution in [0.1, 0.15) is 18.4 Å². The van der Waals surface area contributed by atoms with E-state index in [1.165, 1.54) is 6.07 Å². The molecule has 0 saturated carbocycles. The van der Waals surface area contributed by atoms with Gasteiger partial charge in [0.1, 0.15) is 11.6 Å². The van der Waals surface area contributed by atoms with E-state index in [2.05, 4.69) is 0 Å². The molecular formula is C15H17F2NO3. The lowest BCUT2D eigenvalue weighted by Crippen LogP contribution is -2.51. The normalized spacial score (nSPS) is 21.0. The molecular weight excluding hydrogens is 280 g/mol. The van der Waals surface area contributed by atoms with E-state index >= 15 is 0 Å². The molecule has 0 N–H and O–H groups in total. The van der Waals surface area contributed by atoms with Gasteiger partial charge < -0.3 is 14.4 Å². The second kappa shape index (κ2) is 5.69. The summed E-state index contributed by atoms with van der Waals surface area (Å²) in [6.45, 7) is 1.92. The van der Waals surface area contributed by atoms with Gasteiger partial charge in [0.05, 0.1) is 26.2 Å². The summed E-state index contributed by atoms with van der Waals surface area (Å²) in [6.07, 6.45) is 1.21. The number of benzene rings is 1. The summed E-state index contributed by atoms with van der Waals surface area (Å²) in [5.74, 6) is -2.41. The maximum absolute atomic E-state index is 13.6. The summed E-state index contributed by atoms with van der Waals surface area (Å²) in [5, 5.41) is 0. The van der Waals surface area contributed by atoms with Crippen molar-refractivity contribution in [2.75, 3.05) is 26.3 Å². The first-order chi connectivity index (χ1) is 10.1. The Morgan fingerprint density at radius 3 is 2.57 bits per heavy atom. The minimum atomic E-state index is -0.721. The fourth-order valence-electron chi connectivity index (χ4n) is 2.90. The molecule has 2 fully saturated rings. The third-order valence-electron chi connectivity index (χ3n) is 3.97. The van der Waals surface area contributed by atoms with Gasteiger partial charge in [-0.15, -0.1) is 0 Å². The van der Waals surface area contributed by atoms with E-state index in [0.717, 1.165) is 25.0 Å². The lowest BCUT2D eigenvalue weighted by Gasteiger charge is -2.38.